The highest BCUT2D eigenvalue weighted by molar-refractivity contribution is 7.92. The van der Waals surface area contributed by atoms with Crippen molar-refractivity contribution in [3.05, 3.63) is 78.0 Å². The smallest absolute Gasteiger partial charge is 0.263 e. The third-order valence-corrected chi connectivity index (χ3v) is 10.1. The van der Waals surface area contributed by atoms with Crippen LogP contribution in [0.3, 0.4) is 0 Å². The number of anilines is 1. The van der Waals surface area contributed by atoms with Crippen molar-refractivity contribution in [3.8, 4) is 11.1 Å². The number of pyridine rings is 1. The van der Waals surface area contributed by atoms with Crippen LogP contribution < -0.4 is 4.72 Å². The molecule has 0 radical (unpaired) electrons. The summed E-state index contributed by atoms with van der Waals surface area (Å²) in [7, 11) is -3.92. The van der Waals surface area contributed by atoms with Crippen LogP contribution in [0.5, 0.6) is 0 Å². The molecule has 2 aliphatic carbocycles. The maximum atomic E-state index is 13.8. The van der Waals surface area contributed by atoms with Gasteiger partial charge in [-0.25, -0.2) is 13.4 Å². The lowest BCUT2D eigenvalue weighted by atomic mass is 9.65. The molecule has 1 aliphatic heterocycles. The average molecular weight is 587 g/mol. The normalized spacial score (nSPS) is 18.3. The van der Waals surface area contributed by atoms with Crippen molar-refractivity contribution < 1.29 is 17.9 Å². The Morgan fingerprint density at radius 3 is 2.50 bits per heavy atom. The quantitative estimate of drug-likeness (QED) is 0.267. The van der Waals surface area contributed by atoms with E-state index in [4.69, 9.17) is 9.73 Å². The van der Waals surface area contributed by atoms with Crippen molar-refractivity contribution in [2.24, 2.45) is 10.4 Å². The molecule has 0 unspecified atom stereocenters. The Balaban J connectivity index is 1.31. The van der Waals surface area contributed by atoms with Gasteiger partial charge in [0, 0.05) is 24.8 Å². The zero-order valence-electron chi connectivity index (χ0n) is 24.3. The monoisotopic (exact) mass is 586 g/mol. The summed E-state index contributed by atoms with van der Waals surface area (Å²) in [5, 5.41) is 0. The van der Waals surface area contributed by atoms with E-state index in [2.05, 4.69) is 16.6 Å². The van der Waals surface area contributed by atoms with E-state index < -0.39 is 15.6 Å². The number of hydrogen-bond acceptors (Lipinski definition) is 6. The molecular formula is C33H38N4O4S. The van der Waals surface area contributed by atoms with Gasteiger partial charge in [0.05, 0.1) is 18.0 Å². The van der Waals surface area contributed by atoms with E-state index in [9.17, 15) is 13.2 Å². The van der Waals surface area contributed by atoms with Gasteiger partial charge in [-0.3, -0.25) is 19.4 Å². The molecule has 42 heavy (non-hydrogen) atoms. The SMILES string of the molecule is CCCCC1=NC2(CC3(CC3)C2)C(=O)N1Cc1ccc(-c2ccccc2S(=O)(=O)Nc2ccccn2)c(COCC)c1. The number of sulfonamides is 1. The predicted octanol–water partition coefficient (Wildman–Crippen LogP) is 6.33. The molecule has 1 amide bonds. The van der Waals surface area contributed by atoms with Crippen LogP contribution in [0, 0.1) is 5.41 Å². The van der Waals surface area contributed by atoms with Crippen LogP contribution in [0.1, 0.15) is 69.9 Å². The van der Waals surface area contributed by atoms with Gasteiger partial charge in [0.15, 0.2) is 0 Å². The van der Waals surface area contributed by atoms with Crippen LogP contribution in [0.4, 0.5) is 5.82 Å². The molecule has 2 saturated carbocycles. The number of carbonyl (C=O) groups excluding carboxylic acids is 1. The fourth-order valence-corrected chi connectivity index (χ4v) is 7.65. The van der Waals surface area contributed by atoms with E-state index in [0.29, 0.717) is 30.7 Å². The maximum absolute atomic E-state index is 13.8. The van der Waals surface area contributed by atoms with Gasteiger partial charge >= 0.3 is 0 Å². The molecule has 2 fully saturated rings. The summed E-state index contributed by atoms with van der Waals surface area (Å²) in [4.78, 5) is 25.0. The molecule has 2 heterocycles. The van der Waals surface area contributed by atoms with Crippen molar-refractivity contribution >= 4 is 27.6 Å². The summed E-state index contributed by atoms with van der Waals surface area (Å²) < 4.78 is 35.4. The fourth-order valence-electron chi connectivity index (χ4n) is 6.42. The Morgan fingerprint density at radius 2 is 1.79 bits per heavy atom. The van der Waals surface area contributed by atoms with Crippen molar-refractivity contribution in [1.29, 1.82) is 0 Å². The van der Waals surface area contributed by atoms with Crippen LogP contribution >= 0.6 is 0 Å². The number of benzene rings is 2. The number of amidine groups is 1. The predicted molar refractivity (Wildman–Crippen MR) is 163 cm³/mol. The van der Waals surface area contributed by atoms with Gasteiger partial charge in [0.2, 0.25) is 0 Å². The lowest BCUT2D eigenvalue weighted by Crippen LogP contribution is -2.51. The molecule has 2 aromatic carbocycles. The second-order valence-corrected chi connectivity index (χ2v) is 13.5. The summed E-state index contributed by atoms with van der Waals surface area (Å²) in [5.74, 6) is 1.30. The lowest BCUT2D eigenvalue weighted by molar-refractivity contribution is -0.137. The van der Waals surface area contributed by atoms with Gasteiger partial charge in [-0.05, 0) is 79.3 Å². The molecule has 0 atom stereocenters. The number of hydrogen-bond donors (Lipinski definition) is 1. The van der Waals surface area contributed by atoms with Crippen LogP contribution in [-0.4, -0.2) is 42.2 Å². The number of unbranched alkanes of at least 4 members (excludes halogenated alkanes) is 1. The Bertz CT molecular complexity index is 1610. The molecule has 9 heteroatoms. The van der Waals surface area contributed by atoms with Gasteiger partial charge in [-0.15, -0.1) is 0 Å². The molecule has 0 bridgehead atoms. The molecule has 3 aromatic rings. The third kappa shape index (κ3) is 5.47. The standard InChI is InChI=1S/C33H38N4O4S/c1-3-5-13-30-35-33(22-32(23-33)16-17-32)31(38)37(30)20-24-14-15-26(25(19-24)21-41-4-2)27-10-6-7-11-28(27)42(39,40)36-29-12-8-9-18-34-29/h6-12,14-15,18-19H,3-5,13,16-17,20-23H2,1-2H3,(H,34,36). The minimum absolute atomic E-state index is 0.138. The molecule has 6 rings (SSSR count). The van der Waals surface area contributed by atoms with Gasteiger partial charge < -0.3 is 4.74 Å². The largest absolute Gasteiger partial charge is 0.377 e. The summed E-state index contributed by atoms with van der Waals surface area (Å²) in [6, 6.07) is 18.0. The van der Waals surface area contributed by atoms with Crippen LogP contribution in [0.15, 0.2) is 76.7 Å². The van der Waals surface area contributed by atoms with Gasteiger partial charge in [0.1, 0.15) is 17.2 Å². The van der Waals surface area contributed by atoms with Crippen molar-refractivity contribution in [2.45, 2.75) is 82.4 Å². The van der Waals surface area contributed by atoms with Crippen LogP contribution in [0.25, 0.3) is 11.1 Å². The molecule has 1 N–H and O–H groups in total. The minimum Gasteiger partial charge on any atom is -0.377 e. The highest BCUT2D eigenvalue weighted by Gasteiger charge is 2.67. The average Bonchev–Trinajstić information content (AvgIpc) is 3.72. The number of ether oxygens (including phenoxy) is 1. The Labute approximate surface area is 248 Å². The van der Waals surface area contributed by atoms with E-state index in [1.54, 1.807) is 36.5 Å². The number of nitrogens with one attached hydrogen (secondary N) is 1. The van der Waals surface area contributed by atoms with E-state index >= 15 is 0 Å². The first kappa shape index (κ1) is 28.6. The fraction of sp³-hybridized carbons (Fsp3) is 0.424. The Kier molecular flexibility index (Phi) is 7.66. The number of carbonyl (C=O) groups is 1. The van der Waals surface area contributed by atoms with Crippen molar-refractivity contribution in [2.75, 3.05) is 11.3 Å². The van der Waals surface area contributed by atoms with Crippen LogP contribution in [-0.2, 0) is 32.7 Å². The van der Waals surface area contributed by atoms with Crippen molar-refractivity contribution in [3.63, 3.8) is 0 Å². The summed E-state index contributed by atoms with van der Waals surface area (Å²) >= 11 is 0. The number of aliphatic imine (C=N–C) groups is 1. The zero-order valence-corrected chi connectivity index (χ0v) is 25.1. The first-order valence-corrected chi connectivity index (χ1v) is 16.4. The van der Waals surface area contributed by atoms with Gasteiger partial charge in [-0.1, -0.05) is 55.8 Å². The Morgan fingerprint density at radius 1 is 1.00 bits per heavy atom. The number of amides is 1. The molecule has 8 nitrogen and oxygen atoms in total. The third-order valence-electron chi connectivity index (χ3n) is 8.69. The Hall–Kier alpha value is -3.56. The molecule has 1 aromatic heterocycles. The second-order valence-electron chi connectivity index (χ2n) is 11.9. The van der Waals surface area contributed by atoms with E-state index in [-0.39, 0.29) is 16.6 Å². The number of rotatable bonds is 12. The molecular weight excluding hydrogens is 548 g/mol. The first-order valence-electron chi connectivity index (χ1n) is 14.9. The first-order chi connectivity index (χ1) is 20.3. The van der Waals surface area contributed by atoms with E-state index in [0.717, 1.165) is 54.6 Å². The molecule has 2 spiro atoms. The van der Waals surface area contributed by atoms with E-state index in [1.165, 1.54) is 12.8 Å². The second kappa shape index (κ2) is 11.3. The highest BCUT2D eigenvalue weighted by atomic mass is 32.2. The summed E-state index contributed by atoms with van der Waals surface area (Å²) in [6.07, 6.45) is 8.60. The van der Waals surface area contributed by atoms with Crippen molar-refractivity contribution in [1.82, 2.24) is 9.88 Å². The number of nitrogens with zero attached hydrogens (tertiary/aromatic N) is 3. The number of aromatic nitrogens is 1. The molecule has 0 saturated heterocycles. The van der Waals surface area contributed by atoms with Crippen LogP contribution in [0.2, 0.25) is 0 Å². The minimum atomic E-state index is -3.92. The molecule has 220 valence electrons. The topological polar surface area (TPSA) is 101 Å². The van der Waals surface area contributed by atoms with Gasteiger partial charge in [-0.2, -0.15) is 0 Å². The van der Waals surface area contributed by atoms with Gasteiger partial charge in [0.25, 0.3) is 15.9 Å². The maximum Gasteiger partial charge on any atom is 0.263 e. The molecule has 3 aliphatic rings. The lowest BCUT2D eigenvalue weighted by Gasteiger charge is -2.42. The highest BCUT2D eigenvalue weighted by Crippen LogP contribution is 2.67. The summed E-state index contributed by atoms with van der Waals surface area (Å²) in [5.41, 5.74) is 3.00. The summed E-state index contributed by atoms with van der Waals surface area (Å²) in [6.45, 7) is 5.37. The zero-order chi connectivity index (χ0) is 29.4. The van der Waals surface area contributed by atoms with E-state index in [1.807, 2.05) is 42.2 Å².